The molecule has 1 unspecified atom stereocenters. The van der Waals surface area contributed by atoms with Crippen LogP contribution in [0.5, 0.6) is 0 Å². The summed E-state index contributed by atoms with van der Waals surface area (Å²) in [5.41, 5.74) is 1.77. The fourth-order valence-corrected chi connectivity index (χ4v) is 3.33. The van der Waals surface area contributed by atoms with Crippen LogP contribution >= 0.6 is 0 Å². The average Bonchev–Trinajstić information content (AvgIpc) is 2.69. The maximum Gasteiger partial charge on any atom is 0.318 e. The Kier molecular flexibility index (Phi) is 5.46. The lowest BCUT2D eigenvalue weighted by Crippen LogP contribution is -2.48. The van der Waals surface area contributed by atoms with Crippen molar-refractivity contribution in [3.05, 3.63) is 71.8 Å². The molecular formula is C21H21NO4. The maximum absolute atomic E-state index is 13.3. The Labute approximate surface area is 152 Å². The zero-order valence-corrected chi connectivity index (χ0v) is 14.6. The van der Waals surface area contributed by atoms with Crippen molar-refractivity contribution in [1.82, 2.24) is 4.90 Å². The summed E-state index contributed by atoms with van der Waals surface area (Å²) in [5, 5.41) is 0. The Hall–Kier alpha value is -2.95. The number of carbonyl (C=O) groups is 3. The summed E-state index contributed by atoms with van der Waals surface area (Å²) in [5.74, 6) is -2.22. The first-order chi connectivity index (χ1) is 12.6. The second kappa shape index (κ2) is 7.95. The minimum absolute atomic E-state index is 0.0699. The first-order valence-electron chi connectivity index (χ1n) is 8.61. The molecule has 26 heavy (non-hydrogen) atoms. The number of rotatable bonds is 4. The Morgan fingerprint density at radius 3 is 2.04 bits per heavy atom. The Morgan fingerprint density at radius 2 is 1.54 bits per heavy atom. The summed E-state index contributed by atoms with van der Waals surface area (Å²) in [6.45, 7) is 0.391. The number of ketones is 1. The molecule has 5 nitrogen and oxygen atoms in total. The molecule has 0 aliphatic carbocycles. The Morgan fingerprint density at radius 1 is 1.00 bits per heavy atom. The van der Waals surface area contributed by atoms with E-state index in [4.69, 9.17) is 4.74 Å². The highest BCUT2D eigenvalue weighted by molar-refractivity contribution is 6.01. The molecule has 1 heterocycles. The van der Waals surface area contributed by atoms with Gasteiger partial charge in [-0.25, -0.2) is 0 Å². The summed E-state index contributed by atoms with van der Waals surface area (Å²) in [6.07, 6.45) is 0.168. The minimum Gasteiger partial charge on any atom is -0.468 e. The van der Waals surface area contributed by atoms with Gasteiger partial charge in [0.1, 0.15) is 5.92 Å². The van der Waals surface area contributed by atoms with Crippen LogP contribution in [0.1, 0.15) is 23.5 Å². The molecule has 1 aliphatic rings. The molecule has 134 valence electrons. The second-order valence-corrected chi connectivity index (χ2v) is 6.33. The van der Waals surface area contributed by atoms with Crippen molar-refractivity contribution >= 4 is 17.7 Å². The molecule has 0 bridgehead atoms. The lowest BCUT2D eigenvalue weighted by atomic mass is 9.88. The van der Waals surface area contributed by atoms with E-state index in [9.17, 15) is 14.4 Å². The van der Waals surface area contributed by atoms with E-state index in [1.165, 1.54) is 7.11 Å². The van der Waals surface area contributed by atoms with Gasteiger partial charge in [-0.05, 0) is 11.1 Å². The van der Waals surface area contributed by atoms with E-state index in [1.807, 2.05) is 60.7 Å². The zero-order chi connectivity index (χ0) is 18.5. The van der Waals surface area contributed by atoms with Gasteiger partial charge in [0.15, 0.2) is 5.78 Å². The van der Waals surface area contributed by atoms with Crippen molar-refractivity contribution in [1.29, 1.82) is 0 Å². The quantitative estimate of drug-likeness (QED) is 0.627. The number of ether oxygens (including phenoxy) is 1. The number of carbonyl (C=O) groups excluding carboxylic acids is 3. The van der Waals surface area contributed by atoms with Crippen molar-refractivity contribution in [3.63, 3.8) is 0 Å². The van der Waals surface area contributed by atoms with Crippen LogP contribution in [-0.2, 0) is 19.1 Å². The van der Waals surface area contributed by atoms with Crippen molar-refractivity contribution in [2.75, 3.05) is 20.2 Å². The monoisotopic (exact) mass is 351 g/mol. The highest BCUT2D eigenvalue weighted by atomic mass is 16.5. The second-order valence-electron chi connectivity index (χ2n) is 6.33. The van der Waals surface area contributed by atoms with E-state index in [0.29, 0.717) is 6.54 Å². The highest BCUT2D eigenvalue weighted by Gasteiger charge is 2.38. The van der Waals surface area contributed by atoms with Crippen molar-refractivity contribution in [3.8, 4) is 0 Å². The van der Waals surface area contributed by atoms with Crippen LogP contribution in [0.2, 0.25) is 0 Å². The number of hydrogen-bond acceptors (Lipinski definition) is 4. The molecule has 0 N–H and O–H groups in total. The fourth-order valence-electron chi connectivity index (χ4n) is 3.33. The number of likely N-dealkylation sites (tertiary alicyclic amines) is 1. The lowest BCUT2D eigenvalue weighted by Gasteiger charge is -2.33. The van der Waals surface area contributed by atoms with Gasteiger partial charge in [0.2, 0.25) is 5.91 Å². The Bertz CT molecular complexity index is 741. The smallest absolute Gasteiger partial charge is 0.318 e. The molecule has 2 aromatic rings. The molecule has 3 rings (SSSR count). The highest BCUT2D eigenvalue weighted by Crippen LogP contribution is 2.28. The van der Waals surface area contributed by atoms with Gasteiger partial charge in [-0.3, -0.25) is 14.4 Å². The fraction of sp³-hybridized carbons (Fsp3) is 0.286. The van der Waals surface area contributed by atoms with Crippen molar-refractivity contribution < 1.29 is 19.1 Å². The third-order valence-corrected chi connectivity index (χ3v) is 4.73. The van der Waals surface area contributed by atoms with Crippen LogP contribution in [0.25, 0.3) is 0 Å². The van der Waals surface area contributed by atoms with E-state index < -0.39 is 17.8 Å². The van der Waals surface area contributed by atoms with Gasteiger partial charge in [0, 0.05) is 19.5 Å². The SMILES string of the molecule is COC(=O)C1CN(C(=O)C(c2ccccc2)c2ccccc2)CCC1=O. The first kappa shape index (κ1) is 17.9. The van der Waals surface area contributed by atoms with Crippen molar-refractivity contribution in [2.45, 2.75) is 12.3 Å². The maximum atomic E-state index is 13.3. The molecule has 1 saturated heterocycles. The van der Waals surface area contributed by atoms with E-state index in [-0.39, 0.29) is 24.7 Å². The van der Waals surface area contributed by atoms with Gasteiger partial charge in [-0.2, -0.15) is 0 Å². The van der Waals surface area contributed by atoms with E-state index >= 15 is 0 Å². The number of amides is 1. The number of hydrogen-bond donors (Lipinski definition) is 0. The molecule has 0 spiro atoms. The molecule has 1 fully saturated rings. The molecule has 0 saturated carbocycles. The van der Waals surface area contributed by atoms with Crippen molar-refractivity contribution in [2.24, 2.45) is 5.92 Å². The van der Waals surface area contributed by atoms with Crippen LogP contribution in [-0.4, -0.2) is 42.8 Å². The summed E-state index contributed by atoms with van der Waals surface area (Å²) in [4.78, 5) is 38.8. The summed E-state index contributed by atoms with van der Waals surface area (Å²) in [6, 6.07) is 19.1. The van der Waals surface area contributed by atoms with Crippen LogP contribution in [0, 0.1) is 5.92 Å². The van der Waals surface area contributed by atoms with Gasteiger partial charge in [0.05, 0.1) is 13.0 Å². The number of benzene rings is 2. The molecule has 0 radical (unpaired) electrons. The number of piperidine rings is 1. The predicted octanol–water partition coefficient (Wildman–Crippen LogP) is 2.41. The standard InChI is InChI=1S/C21H21NO4/c1-26-21(25)17-14-22(13-12-18(17)23)20(24)19(15-8-4-2-5-9-15)16-10-6-3-7-11-16/h2-11,17,19H,12-14H2,1H3. The Balaban J connectivity index is 1.91. The molecule has 2 aromatic carbocycles. The number of nitrogens with zero attached hydrogens (tertiary/aromatic N) is 1. The largest absolute Gasteiger partial charge is 0.468 e. The zero-order valence-electron chi connectivity index (χ0n) is 14.6. The van der Waals surface area contributed by atoms with E-state index in [0.717, 1.165) is 11.1 Å². The summed E-state index contributed by atoms with van der Waals surface area (Å²) >= 11 is 0. The molecule has 5 heteroatoms. The molecule has 1 amide bonds. The first-order valence-corrected chi connectivity index (χ1v) is 8.61. The molecular weight excluding hydrogens is 330 g/mol. The average molecular weight is 351 g/mol. The predicted molar refractivity (Wildman–Crippen MR) is 96.4 cm³/mol. The third-order valence-electron chi connectivity index (χ3n) is 4.73. The number of esters is 1. The van der Waals surface area contributed by atoms with Crippen LogP contribution < -0.4 is 0 Å². The normalized spacial score (nSPS) is 17.2. The summed E-state index contributed by atoms with van der Waals surface area (Å²) < 4.78 is 4.72. The summed E-state index contributed by atoms with van der Waals surface area (Å²) in [7, 11) is 1.26. The third kappa shape index (κ3) is 3.67. The van der Waals surface area contributed by atoms with Gasteiger partial charge in [0.25, 0.3) is 0 Å². The van der Waals surface area contributed by atoms with Gasteiger partial charge < -0.3 is 9.64 Å². The molecule has 1 aliphatic heterocycles. The molecule has 0 aromatic heterocycles. The van der Waals surface area contributed by atoms with E-state index in [2.05, 4.69) is 0 Å². The number of Topliss-reactive ketones (excluding diaryl/α,β-unsaturated/α-hetero) is 1. The van der Waals surface area contributed by atoms with Crippen LogP contribution in [0.4, 0.5) is 0 Å². The van der Waals surface area contributed by atoms with Gasteiger partial charge >= 0.3 is 5.97 Å². The number of methoxy groups -OCH3 is 1. The molecule has 1 atom stereocenters. The minimum atomic E-state index is -0.898. The van der Waals surface area contributed by atoms with Gasteiger partial charge in [-0.15, -0.1) is 0 Å². The van der Waals surface area contributed by atoms with Gasteiger partial charge in [-0.1, -0.05) is 60.7 Å². The van der Waals surface area contributed by atoms with E-state index in [1.54, 1.807) is 4.90 Å². The van der Waals surface area contributed by atoms with Crippen LogP contribution in [0.15, 0.2) is 60.7 Å². The van der Waals surface area contributed by atoms with Crippen LogP contribution in [0.3, 0.4) is 0 Å². The topological polar surface area (TPSA) is 63.7 Å². The lowest BCUT2D eigenvalue weighted by molar-refractivity contribution is -0.153.